The van der Waals surface area contributed by atoms with Gasteiger partial charge in [0, 0.05) is 12.2 Å². The van der Waals surface area contributed by atoms with Crippen LogP contribution in [0.2, 0.25) is 0 Å². The van der Waals surface area contributed by atoms with E-state index in [2.05, 4.69) is 15.4 Å². The van der Waals surface area contributed by atoms with Gasteiger partial charge in [-0.05, 0) is 37.1 Å². The Morgan fingerprint density at radius 3 is 2.55 bits per heavy atom. The first-order chi connectivity index (χ1) is 15.2. The summed E-state index contributed by atoms with van der Waals surface area (Å²) in [5.41, 5.74) is 9.73. The van der Waals surface area contributed by atoms with Crippen molar-refractivity contribution < 1.29 is 4.79 Å². The van der Waals surface area contributed by atoms with Crippen molar-refractivity contribution in [1.82, 2.24) is 24.9 Å². The molecule has 1 aliphatic carbocycles. The van der Waals surface area contributed by atoms with E-state index in [0.29, 0.717) is 33.5 Å². The molecule has 0 radical (unpaired) electrons. The zero-order valence-electron chi connectivity index (χ0n) is 17.0. The van der Waals surface area contributed by atoms with Crippen molar-refractivity contribution in [2.75, 3.05) is 5.73 Å². The minimum Gasteiger partial charge on any atom is -0.383 e. The van der Waals surface area contributed by atoms with Crippen molar-refractivity contribution in [2.45, 2.75) is 38.1 Å². The Kier molecular flexibility index (Phi) is 5.03. The number of carbonyl (C=O) groups is 1. The Morgan fingerprint density at radius 1 is 1.06 bits per heavy atom. The SMILES string of the molecule is Nc1c(C(=O)NC2CCCCC2)c2nc3ccccc3nc2n1/N=C/c1ccccn1. The summed E-state index contributed by atoms with van der Waals surface area (Å²) in [4.78, 5) is 26.9. The van der Waals surface area contributed by atoms with Crippen molar-refractivity contribution in [3.63, 3.8) is 0 Å². The highest BCUT2D eigenvalue weighted by atomic mass is 16.1. The molecule has 0 bridgehead atoms. The molecule has 8 nitrogen and oxygen atoms in total. The highest BCUT2D eigenvalue weighted by Gasteiger charge is 2.26. The fourth-order valence-electron chi connectivity index (χ4n) is 4.06. The zero-order chi connectivity index (χ0) is 21.2. The van der Waals surface area contributed by atoms with Gasteiger partial charge in [-0.25, -0.2) is 9.97 Å². The first kappa shape index (κ1) is 19.2. The molecule has 3 N–H and O–H groups in total. The molecule has 3 aromatic heterocycles. The van der Waals surface area contributed by atoms with Crippen molar-refractivity contribution in [3.05, 3.63) is 59.9 Å². The maximum Gasteiger partial charge on any atom is 0.257 e. The summed E-state index contributed by atoms with van der Waals surface area (Å²) in [7, 11) is 0. The second-order valence-corrected chi connectivity index (χ2v) is 7.76. The lowest BCUT2D eigenvalue weighted by molar-refractivity contribution is 0.0930. The third-order valence-electron chi connectivity index (χ3n) is 5.63. The summed E-state index contributed by atoms with van der Waals surface area (Å²) < 4.78 is 1.47. The topological polar surface area (TPSA) is 111 Å². The number of para-hydroxylation sites is 2. The van der Waals surface area contributed by atoms with Crippen LogP contribution in [0.25, 0.3) is 22.2 Å². The number of nitrogens with two attached hydrogens (primary N) is 1. The van der Waals surface area contributed by atoms with E-state index in [-0.39, 0.29) is 17.8 Å². The van der Waals surface area contributed by atoms with Crippen molar-refractivity contribution in [3.8, 4) is 0 Å². The van der Waals surface area contributed by atoms with Gasteiger partial charge in [-0.3, -0.25) is 9.78 Å². The molecule has 156 valence electrons. The van der Waals surface area contributed by atoms with E-state index in [1.165, 1.54) is 11.1 Å². The Bertz CT molecular complexity index is 1270. The molecule has 1 aromatic carbocycles. The van der Waals surface area contributed by atoms with Gasteiger partial charge >= 0.3 is 0 Å². The monoisotopic (exact) mass is 413 g/mol. The minimum atomic E-state index is -0.231. The van der Waals surface area contributed by atoms with E-state index in [9.17, 15) is 4.79 Å². The molecule has 3 heterocycles. The van der Waals surface area contributed by atoms with E-state index >= 15 is 0 Å². The number of carbonyl (C=O) groups excluding carboxylic acids is 1. The number of fused-ring (bicyclic) bond motifs is 2. The number of hydrogen-bond donors (Lipinski definition) is 2. The fourth-order valence-corrected chi connectivity index (χ4v) is 4.06. The molecule has 1 aliphatic rings. The van der Waals surface area contributed by atoms with Crippen LogP contribution in [0, 0.1) is 0 Å². The molecule has 31 heavy (non-hydrogen) atoms. The van der Waals surface area contributed by atoms with Crippen molar-refractivity contribution in [1.29, 1.82) is 0 Å². The number of benzene rings is 1. The molecular formula is C23H23N7O. The van der Waals surface area contributed by atoms with Gasteiger partial charge in [0.2, 0.25) is 0 Å². The average Bonchev–Trinajstić information content (AvgIpc) is 3.07. The van der Waals surface area contributed by atoms with Crippen LogP contribution < -0.4 is 11.1 Å². The Hall–Kier alpha value is -3.81. The van der Waals surface area contributed by atoms with E-state index < -0.39 is 0 Å². The molecule has 1 fully saturated rings. The number of anilines is 1. The molecule has 0 spiro atoms. The summed E-state index contributed by atoms with van der Waals surface area (Å²) in [6.45, 7) is 0. The number of aromatic nitrogens is 4. The van der Waals surface area contributed by atoms with Gasteiger partial charge in [0.05, 0.1) is 22.9 Å². The molecule has 0 aliphatic heterocycles. The number of nitrogen functional groups attached to an aromatic ring is 1. The maximum atomic E-state index is 13.2. The van der Waals surface area contributed by atoms with Crippen LogP contribution in [-0.2, 0) is 0 Å². The second-order valence-electron chi connectivity index (χ2n) is 7.76. The number of nitrogens with zero attached hydrogens (tertiary/aromatic N) is 5. The highest BCUT2D eigenvalue weighted by molar-refractivity contribution is 6.10. The van der Waals surface area contributed by atoms with Crippen LogP contribution in [0.4, 0.5) is 5.82 Å². The van der Waals surface area contributed by atoms with Gasteiger partial charge < -0.3 is 11.1 Å². The predicted octanol–water partition coefficient (Wildman–Crippen LogP) is 3.51. The summed E-state index contributed by atoms with van der Waals surface area (Å²) in [6, 6.07) is 13.2. The Labute approximate surface area is 179 Å². The Morgan fingerprint density at radius 2 is 1.81 bits per heavy atom. The summed E-state index contributed by atoms with van der Waals surface area (Å²) in [5, 5.41) is 7.62. The first-order valence-electron chi connectivity index (χ1n) is 10.5. The van der Waals surface area contributed by atoms with Gasteiger partial charge in [-0.2, -0.15) is 9.78 Å². The molecular weight excluding hydrogens is 390 g/mol. The van der Waals surface area contributed by atoms with Crippen LogP contribution >= 0.6 is 0 Å². The lowest BCUT2D eigenvalue weighted by Crippen LogP contribution is -2.36. The molecule has 4 aromatic rings. The third kappa shape index (κ3) is 3.72. The van der Waals surface area contributed by atoms with Crippen molar-refractivity contribution >= 4 is 40.1 Å². The zero-order valence-corrected chi connectivity index (χ0v) is 17.0. The standard InChI is InChI=1S/C23H23N7O/c24-21-19(23(31)27-15-8-2-1-3-9-15)20-22(29-18-12-5-4-11-17(18)28-20)30(21)26-14-16-10-6-7-13-25-16/h4-7,10-15H,1-3,8-9,24H2,(H,27,31)/b26-14+. The van der Waals surface area contributed by atoms with E-state index in [1.54, 1.807) is 12.4 Å². The van der Waals surface area contributed by atoms with Gasteiger partial charge in [0.1, 0.15) is 16.9 Å². The first-order valence-corrected chi connectivity index (χ1v) is 10.5. The molecule has 5 rings (SSSR count). The minimum absolute atomic E-state index is 0.157. The second kappa shape index (κ2) is 8.14. The smallest absolute Gasteiger partial charge is 0.257 e. The number of rotatable bonds is 4. The summed E-state index contributed by atoms with van der Waals surface area (Å²) in [6.07, 6.45) is 8.72. The van der Waals surface area contributed by atoms with Crippen molar-refractivity contribution in [2.24, 2.45) is 5.10 Å². The quantitative estimate of drug-likeness (QED) is 0.497. The lowest BCUT2D eigenvalue weighted by Gasteiger charge is -2.22. The highest BCUT2D eigenvalue weighted by Crippen LogP contribution is 2.28. The van der Waals surface area contributed by atoms with Crippen LogP contribution in [0.3, 0.4) is 0 Å². The van der Waals surface area contributed by atoms with Crippen LogP contribution in [-0.4, -0.2) is 37.8 Å². The molecule has 8 heteroatoms. The maximum absolute atomic E-state index is 13.2. The van der Waals surface area contributed by atoms with Gasteiger partial charge in [-0.15, -0.1) is 0 Å². The molecule has 0 unspecified atom stereocenters. The predicted molar refractivity (Wildman–Crippen MR) is 121 cm³/mol. The van der Waals surface area contributed by atoms with E-state index in [0.717, 1.165) is 25.7 Å². The van der Waals surface area contributed by atoms with Crippen LogP contribution in [0.15, 0.2) is 53.8 Å². The number of nitrogens with one attached hydrogen (secondary N) is 1. The molecule has 1 saturated carbocycles. The molecule has 1 amide bonds. The van der Waals surface area contributed by atoms with Gasteiger partial charge in [0.25, 0.3) is 5.91 Å². The molecule has 0 atom stereocenters. The normalized spacial score (nSPS) is 15.1. The number of amides is 1. The van der Waals surface area contributed by atoms with Gasteiger partial charge in [0.15, 0.2) is 5.65 Å². The van der Waals surface area contributed by atoms with E-state index in [1.807, 2.05) is 42.5 Å². The average molecular weight is 413 g/mol. The summed E-state index contributed by atoms with van der Waals surface area (Å²) >= 11 is 0. The molecule has 0 saturated heterocycles. The van der Waals surface area contributed by atoms with Crippen LogP contribution in [0.1, 0.15) is 48.2 Å². The third-order valence-corrected chi connectivity index (χ3v) is 5.63. The number of hydrogen-bond acceptors (Lipinski definition) is 6. The largest absolute Gasteiger partial charge is 0.383 e. The fraction of sp³-hybridized carbons (Fsp3) is 0.261. The van der Waals surface area contributed by atoms with Gasteiger partial charge in [-0.1, -0.05) is 37.5 Å². The van der Waals surface area contributed by atoms with Crippen LogP contribution in [0.5, 0.6) is 0 Å². The Balaban J connectivity index is 1.63. The lowest BCUT2D eigenvalue weighted by atomic mass is 9.95. The van der Waals surface area contributed by atoms with E-state index in [4.69, 9.17) is 15.7 Å². The number of pyridine rings is 1. The summed E-state index contributed by atoms with van der Waals surface area (Å²) in [5.74, 6) is -0.0171.